The summed E-state index contributed by atoms with van der Waals surface area (Å²) >= 11 is 0. The van der Waals surface area contributed by atoms with Gasteiger partial charge in [-0.3, -0.25) is 0 Å². The van der Waals surface area contributed by atoms with Crippen molar-refractivity contribution in [3.63, 3.8) is 0 Å². The van der Waals surface area contributed by atoms with Gasteiger partial charge in [0.1, 0.15) is 0 Å². The van der Waals surface area contributed by atoms with E-state index >= 15 is 0 Å². The number of rotatable bonds is 4. The molecular formula is C16H19NO2S. The van der Waals surface area contributed by atoms with Crippen molar-refractivity contribution >= 4 is 15.5 Å². The smallest absolute Gasteiger partial charge is 0.158 e. The number of aryl methyl sites for hydroxylation is 2. The molecule has 3 nitrogen and oxygen atoms in total. The van der Waals surface area contributed by atoms with E-state index in [2.05, 4.69) is 0 Å². The molecule has 0 saturated carbocycles. The van der Waals surface area contributed by atoms with Gasteiger partial charge in [-0.05, 0) is 37.1 Å². The van der Waals surface area contributed by atoms with E-state index < -0.39 is 9.84 Å². The van der Waals surface area contributed by atoms with E-state index in [-0.39, 0.29) is 11.5 Å². The average Bonchev–Trinajstić information content (AvgIpc) is 2.25. The maximum atomic E-state index is 12.3. The van der Waals surface area contributed by atoms with Crippen molar-refractivity contribution in [1.82, 2.24) is 0 Å². The first-order chi connectivity index (χ1) is 9.34. The Morgan fingerprint density at radius 3 is 2.10 bits per heavy atom. The van der Waals surface area contributed by atoms with E-state index in [1.54, 1.807) is 24.3 Å². The van der Waals surface area contributed by atoms with Gasteiger partial charge in [-0.15, -0.1) is 0 Å². The predicted octanol–water partition coefficient (Wildman–Crippen LogP) is 3.00. The third-order valence-corrected chi connectivity index (χ3v) is 4.55. The molecule has 2 aromatic rings. The summed E-state index contributed by atoms with van der Waals surface area (Å²) in [5.41, 5.74) is 10.00. The number of hydrogen-bond acceptors (Lipinski definition) is 3. The first kappa shape index (κ1) is 14.6. The minimum Gasteiger partial charge on any atom is -0.399 e. The van der Waals surface area contributed by atoms with Gasteiger partial charge in [-0.2, -0.15) is 0 Å². The van der Waals surface area contributed by atoms with E-state index in [9.17, 15) is 8.42 Å². The highest BCUT2D eigenvalue weighted by atomic mass is 32.2. The molecule has 0 spiro atoms. The number of hydrogen-bond donors (Lipinski definition) is 1. The summed E-state index contributed by atoms with van der Waals surface area (Å²) in [6.07, 6.45) is 0. The molecule has 0 amide bonds. The van der Waals surface area contributed by atoms with E-state index in [1.165, 1.54) is 0 Å². The highest BCUT2D eigenvalue weighted by molar-refractivity contribution is 7.89. The minimum absolute atomic E-state index is 0.0189. The van der Waals surface area contributed by atoms with Crippen LogP contribution in [0.4, 0.5) is 5.69 Å². The molecule has 20 heavy (non-hydrogen) atoms. The zero-order chi connectivity index (χ0) is 14.8. The molecular weight excluding hydrogens is 270 g/mol. The molecule has 4 heteroatoms. The molecule has 2 N–H and O–H groups in total. The zero-order valence-corrected chi connectivity index (χ0v) is 12.6. The van der Waals surface area contributed by atoms with Crippen LogP contribution in [0.1, 0.15) is 22.3 Å². The lowest BCUT2D eigenvalue weighted by atomic mass is 10.1. The quantitative estimate of drug-likeness (QED) is 0.880. The second-order valence-electron chi connectivity index (χ2n) is 5.27. The number of nitrogens with two attached hydrogens (primary N) is 1. The van der Waals surface area contributed by atoms with Crippen molar-refractivity contribution in [1.29, 1.82) is 0 Å². The van der Waals surface area contributed by atoms with Crippen LogP contribution >= 0.6 is 0 Å². The Balaban J connectivity index is 2.19. The molecule has 0 fully saturated rings. The van der Waals surface area contributed by atoms with Crippen molar-refractivity contribution in [3.05, 3.63) is 64.7 Å². The lowest BCUT2D eigenvalue weighted by Crippen LogP contribution is -2.08. The Bertz CT molecular complexity index is 701. The SMILES string of the molecule is Cc1cc(C)cc(CS(=O)(=O)Cc2cccc(N)c2)c1. The van der Waals surface area contributed by atoms with E-state index in [0.717, 1.165) is 22.3 Å². The van der Waals surface area contributed by atoms with Gasteiger partial charge in [-0.25, -0.2) is 8.42 Å². The summed E-state index contributed by atoms with van der Waals surface area (Å²) in [4.78, 5) is 0. The van der Waals surface area contributed by atoms with Crippen LogP contribution in [-0.4, -0.2) is 8.42 Å². The topological polar surface area (TPSA) is 60.2 Å². The Morgan fingerprint density at radius 2 is 1.50 bits per heavy atom. The lowest BCUT2D eigenvalue weighted by molar-refractivity contribution is 0.594. The van der Waals surface area contributed by atoms with Crippen LogP contribution in [0.15, 0.2) is 42.5 Å². The summed E-state index contributed by atoms with van der Waals surface area (Å²) in [5, 5.41) is 0. The molecule has 0 aliphatic carbocycles. The first-order valence-electron chi connectivity index (χ1n) is 6.46. The normalized spacial score (nSPS) is 11.5. The molecule has 2 rings (SSSR count). The second-order valence-corrected chi connectivity index (χ2v) is 7.34. The third-order valence-electron chi connectivity index (χ3n) is 3.01. The van der Waals surface area contributed by atoms with Crippen molar-refractivity contribution in [2.24, 2.45) is 0 Å². The van der Waals surface area contributed by atoms with E-state index in [4.69, 9.17) is 5.73 Å². The van der Waals surface area contributed by atoms with Gasteiger partial charge in [0.25, 0.3) is 0 Å². The third kappa shape index (κ3) is 4.10. The summed E-state index contributed by atoms with van der Waals surface area (Å²) in [6, 6.07) is 12.9. The van der Waals surface area contributed by atoms with Crippen LogP contribution < -0.4 is 5.73 Å². The van der Waals surface area contributed by atoms with Gasteiger partial charge in [0.05, 0.1) is 11.5 Å². The summed E-state index contributed by atoms with van der Waals surface area (Å²) in [7, 11) is -3.19. The lowest BCUT2D eigenvalue weighted by Gasteiger charge is -2.07. The summed E-state index contributed by atoms with van der Waals surface area (Å²) < 4.78 is 24.5. The molecule has 106 valence electrons. The fraction of sp³-hybridized carbons (Fsp3) is 0.250. The number of benzene rings is 2. The standard InChI is InChI=1S/C16H19NO2S/c1-12-6-13(2)8-15(7-12)11-20(18,19)10-14-4-3-5-16(17)9-14/h3-9H,10-11,17H2,1-2H3. The zero-order valence-electron chi connectivity index (χ0n) is 11.8. The Hall–Kier alpha value is -1.81. The molecule has 0 atom stereocenters. The highest BCUT2D eigenvalue weighted by Gasteiger charge is 2.13. The van der Waals surface area contributed by atoms with Gasteiger partial charge in [0, 0.05) is 5.69 Å². The van der Waals surface area contributed by atoms with Gasteiger partial charge < -0.3 is 5.73 Å². The Labute approximate surface area is 120 Å². The Morgan fingerprint density at radius 1 is 0.900 bits per heavy atom. The van der Waals surface area contributed by atoms with Crippen LogP contribution in [0.5, 0.6) is 0 Å². The molecule has 0 aliphatic rings. The average molecular weight is 289 g/mol. The molecule has 2 aromatic carbocycles. The maximum absolute atomic E-state index is 12.3. The number of sulfone groups is 1. The minimum atomic E-state index is -3.19. The van der Waals surface area contributed by atoms with Crippen molar-refractivity contribution in [3.8, 4) is 0 Å². The molecule has 0 radical (unpaired) electrons. The van der Waals surface area contributed by atoms with Crippen molar-refractivity contribution in [2.45, 2.75) is 25.4 Å². The molecule has 0 unspecified atom stereocenters. The fourth-order valence-corrected chi connectivity index (χ4v) is 3.86. The van der Waals surface area contributed by atoms with Crippen LogP contribution in [0.25, 0.3) is 0 Å². The van der Waals surface area contributed by atoms with Crippen LogP contribution in [0.3, 0.4) is 0 Å². The van der Waals surface area contributed by atoms with Gasteiger partial charge in [-0.1, -0.05) is 41.5 Å². The van der Waals surface area contributed by atoms with Crippen LogP contribution in [0.2, 0.25) is 0 Å². The van der Waals surface area contributed by atoms with Gasteiger partial charge >= 0.3 is 0 Å². The van der Waals surface area contributed by atoms with Crippen molar-refractivity contribution in [2.75, 3.05) is 5.73 Å². The second kappa shape index (κ2) is 5.67. The largest absolute Gasteiger partial charge is 0.399 e. The van der Waals surface area contributed by atoms with Crippen molar-refractivity contribution < 1.29 is 8.42 Å². The number of nitrogen functional groups attached to an aromatic ring is 1. The molecule has 0 saturated heterocycles. The Kier molecular flexibility index (Phi) is 4.14. The fourth-order valence-electron chi connectivity index (χ4n) is 2.39. The summed E-state index contributed by atoms with van der Waals surface area (Å²) in [6.45, 7) is 3.95. The van der Waals surface area contributed by atoms with Gasteiger partial charge in [0.15, 0.2) is 9.84 Å². The predicted molar refractivity (Wildman–Crippen MR) is 83.1 cm³/mol. The molecule has 0 heterocycles. The van der Waals surface area contributed by atoms with Crippen LogP contribution in [0, 0.1) is 13.8 Å². The van der Waals surface area contributed by atoms with E-state index in [1.807, 2.05) is 32.0 Å². The number of anilines is 1. The van der Waals surface area contributed by atoms with Crippen LogP contribution in [-0.2, 0) is 21.3 Å². The van der Waals surface area contributed by atoms with Gasteiger partial charge in [0.2, 0.25) is 0 Å². The summed E-state index contributed by atoms with van der Waals surface area (Å²) in [5.74, 6) is 0.0787. The highest BCUT2D eigenvalue weighted by Crippen LogP contribution is 2.16. The molecule has 0 aliphatic heterocycles. The maximum Gasteiger partial charge on any atom is 0.158 e. The molecule has 0 bridgehead atoms. The van der Waals surface area contributed by atoms with E-state index in [0.29, 0.717) is 5.69 Å². The molecule has 0 aromatic heterocycles. The monoisotopic (exact) mass is 289 g/mol. The first-order valence-corrected chi connectivity index (χ1v) is 8.28.